The van der Waals surface area contributed by atoms with Crippen LogP contribution < -0.4 is 10.1 Å². The molecule has 25 heavy (non-hydrogen) atoms. The van der Waals surface area contributed by atoms with Crippen molar-refractivity contribution in [2.45, 2.75) is 18.6 Å². The lowest BCUT2D eigenvalue weighted by atomic mass is 10.0. The van der Waals surface area contributed by atoms with E-state index < -0.39 is 30.5 Å². The van der Waals surface area contributed by atoms with Crippen molar-refractivity contribution in [2.24, 2.45) is 0 Å². The number of carbonyl (C=O) groups excluding carboxylic acids is 1. The third kappa shape index (κ3) is 5.52. The first kappa shape index (κ1) is 18.3. The zero-order valence-corrected chi connectivity index (χ0v) is 12.8. The van der Waals surface area contributed by atoms with E-state index in [1.165, 1.54) is 18.2 Å². The number of halogens is 3. The quantitative estimate of drug-likeness (QED) is 0.831. The molecule has 8 heteroatoms. The monoisotopic (exact) mass is 353 g/mol. The maximum absolute atomic E-state index is 12.4. The Kier molecular flexibility index (Phi) is 5.63. The summed E-state index contributed by atoms with van der Waals surface area (Å²) in [5, 5.41) is 10.6. The van der Waals surface area contributed by atoms with Gasteiger partial charge in [-0.15, -0.1) is 0 Å². The second-order valence-electron chi connectivity index (χ2n) is 5.11. The van der Waals surface area contributed by atoms with Gasteiger partial charge in [-0.25, -0.2) is 0 Å². The predicted molar refractivity (Wildman–Crippen MR) is 82.1 cm³/mol. The number of hydrogen-bond acceptors (Lipinski definition) is 3. The highest BCUT2D eigenvalue weighted by atomic mass is 19.4. The number of aliphatic carboxylic acids is 1. The van der Waals surface area contributed by atoms with Gasteiger partial charge in [-0.3, -0.25) is 9.59 Å². The molecule has 0 saturated carbocycles. The van der Waals surface area contributed by atoms with Crippen molar-refractivity contribution in [3.8, 4) is 11.5 Å². The van der Waals surface area contributed by atoms with Crippen LogP contribution in [0.5, 0.6) is 11.5 Å². The number of nitrogens with one attached hydrogen (secondary N) is 1. The Morgan fingerprint density at radius 1 is 1.04 bits per heavy atom. The summed E-state index contributed by atoms with van der Waals surface area (Å²) in [4.78, 5) is 22.1. The number of para-hydroxylation sites is 1. The molecular weight excluding hydrogens is 339 g/mol. The fraction of sp³-hybridized carbons (Fsp3) is 0.176. The van der Waals surface area contributed by atoms with Crippen LogP contribution in [-0.2, 0) is 9.59 Å². The van der Waals surface area contributed by atoms with Crippen molar-refractivity contribution < 1.29 is 32.6 Å². The summed E-state index contributed by atoms with van der Waals surface area (Å²) in [6, 6.07) is 13.2. The number of carbonyl (C=O) groups is 2. The Labute approximate surface area is 141 Å². The van der Waals surface area contributed by atoms with Crippen LogP contribution in [0.1, 0.15) is 18.0 Å². The maximum atomic E-state index is 12.4. The molecule has 0 spiro atoms. The summed E-state index contributed by atoms with van der Waals surface area (Å²) in [6.07, 6.45) is -5.80. The summed E-state index contributed by atoms with van der Waals surface area (Å²) in [5.41, 5.74) is 0.188. The first-order valence-corrected chi connectivity index (χ1v) is 7.18. The van der Waals surface area contributed by atoms with E-state index in [9.17, 15) is 22.8 Å². The molecule has 0 bridgehead atoms. The van der Waals surface area contributed by atoms with Crippen LogP contribution in [0.2, 0.25) is 0 Å². The average Bonchev–Trinajstić information content (AvgIpc) is 2.54. The van der Waals surface area contributed by atoms with E-state index in [1.807, 2.05) is 0 Å². The molecule has 0 saturated heterocycles. The fourth-order valence-electron chi connectivity index (χ4n) is 2.09. The second-order valence-corrected chi connectivity index (χ2v) is 5.11. The van der Waals surface area contributed by atoms with E-state index in [2.05, 4.69) is 0 Å². The number of rotatable bonds is 6. The maximum Gasteiger partial charge on any atom is 0.471 e. The van der Waals surface area contributed by atoms with Gasteiger partial charge in [-0.2, -0.15) is 13.2 Å². The van der Waals surface area contributed by atoms with E-state index >= 15 is 0 Å². The molecule has 1 atom stereocenters. The van der Waals surface area contributed by atoms with Crippen LogP contribution in [0, 0.1) is 0 Å². The van der Waals surface area contributed by atoms with Crippen LogP contribution in [0.4, 0.5) is 13.2 Å². The molecule has 2 N–H and O–H groups in total. The zero-order valence-electron chi connectivity index (χ0n) is 12.8. The van der Waals surface area contributed by atoms with Gasteiger partial charge in [-0.05, 0) is 29.8 Å². The topological polar surface area (TPSA) is 75.6 Å². The molecule has 1 unspecified atom stereocenters. The third-order valence-electron chi connectivity index (χ3n) is 3.18. The largest absolute Gasteiger partial charge is 0.481 e. The summed E-state index contributed by atoms with van der Waals surface area (Å²) in [7, 11) is 0. The highest BCUT2D eigenvalue weighted by Crippen LogP contribution is 2.27. The highest BCUT2D eigenvalue weighted by molar-refractivity contribution is 5.82. The molecule has 1 amide bonds. The van der Waals surface area contributed by atoms with E-state index in [-0.39, 0.29) is 5.56 Å². The van der Waals surface area contributed by atoms with Gasteiger partial charge >= 0.3 is 18.1 Å². The zero-order chi connectivity index (χ0) is 18.4. The Hall–Kier alpha value is -3.03. The van der Waals surface area contributed by atoms with Crippen molar-refractivity contribution in [2.75, 3.05) is 0 Å². The summed E-state index contributed by atoms with van der Waals surface area (Å²) < 4.78 is 42.9. The van der Waals surface area contributed by atoms with Crippen LogP contribution in [-0.4, -0.2) is 23.2 Å². The highest BCUT2D eigenvalue weighted by Gasteiger charge is 2.40. The molecule has 0 aromatic heterocycles. The molecule has 0 aliphatic carbocycles. The van der Waals surface area contributed by atoms with Gasteiger partial charge in [0.1, 0.15) is 11.5 Å². The predicted octanol–water partition coefficient (Wildman–Crippen LogP) is 3.67. The number of ether oxygens (including phenoxy) is 1. The Bertz CT molecular complexity index is 747. The first-order valence-electron chi connectivity index (χ1n) is 7.18. The Morgan fingerprint density at radius 3 is 2.28 bits per heavy atom. The van der Waals surface area contributed by atoms with Gasteiger partial charge in [0, 0.05) is 0 Å². The number of hydrogen-bond donors (Lipinski definition) is 2. The van der Waals surface area contributed by atoms with Gasteiger partial charge in [0.2, 0.25) is 0 Å². The van der Waals surface area contributed by atoms with Crippen molar-refractivity contribution in [1.82, 2.24) is 5.32 Å². The summed E-state index contributed by atoms with van der Waals surface area (Å²) in [5.74, 6) is -2.73. The number of benzene rings is 2. The number of amides is 1. The molecule has 0 aliphatic heterocycles. The second kappa shape index (κ2) is 7.69. The molecule has 2 aromatic carbocycles. The number of carboxylic acid groups (broad SMARTS) is 1. The van der Waals surface area contributed by atoms with Gasteiger partial charge < -0.3 is 15.2 Å². The van der Waals surface area contributed by atoms with Crippen LogP contribution in [0.25, 0.3) is 0 Å². The molecule has 132 valence electrons. The summed E-state index contributed by atoms with van der Waals surface area (Å²) in [6.45, 7) is 0. The van der Waals surface area contributed by atoms with Gasteiger partial charge in [0.15, 0.2) is 0 Å². The van der Waals surface area contributed by atoms with Crippen LogP contribution >= 0.6 is 0 Å². The summed E-state index contributed by atoms with van der Waals surface area (Å²) >= 11 is 0. The molecule has 0 aliphatic rings. The minimum absolute atomic E-state index is 0.188. The van der Waals surface area contributed by atoms with E-state index in [0.717, 1.165) is 0 Å². The fourth-order valence-corrected chi connectivity index (χ4v) is 2.09. The molecule has 0 heterocycles. The lowest BCUT2D eigenvalue weighted by Crippen LogP contribution is -2.39. The van der Waals surface area contributed by atoms with Crippen LogP contribution in [0.3, 0.4) is 0 Å². The van der Waals surface area contributed by atoms with Crippen LogP contribution in [0.15, 0.2) is 54.6 Å². The minimum atomic E-state index is -5.10. The Balaban J connectivity index is 2.23. The molecule has 0 radical (unpaired) electrons. The molecule has 5 nitrogen and oxygen atoms in total. The van der Waals surface area contributed by atoms with Gasteiger partial charge in [0.25, 0.3) is 0 Å². The Morgan fingerprint density at radius 2 is 1.68 bits per heavy atom. The first-order chi connectivity index (χ1) is 11.8. The standard InChI is InChI=1S/C17H14F3NO4/c18-17(19,20)16(24)21-14(10-15(22)23)11-5-4-8-13(9-11)25-12-6-2-1-3-7-12/h1-9,14H,10H2,(H,21,24)(H,22,23). The SMILES string of the molecule is O=C(O)CC(NC(=O)C(F)(F)F)c1cccc(Oc2ccccc2)c1. The lowest BCUT2D eigenvalue weighted by molar-refractivity contribution is -0.174. The molecular formula is C17H14F3NO4. The lowest BCUT2D eigenvalue weighted by Gasteiger charge is -2.19. The van der Waals surface area contributed by atoms with E-state index in [4.69, 9.17) is 9.84 Å². The average molecular weight is 353 g/mol. The van der Waals surface area contributed by atoms with Gasteiger partial charge in [-0.1, -0.05) is 30.3 Å². The third-order valence-corrected chi connectivity index (χ3v) is 3.18. The molecule has 2 aromatic rings. The van der Waals surface area contributed by atoms with Crippen molar-refractivity contribution in [3.63, 3.8) is 0 Å². The van der Waals surface area contributed by atoms with Crippen molar-refractivity contribution in [3.05, 3.63) is 60.2 Å². The number of carboxylic acids is 1. The van der Waals surface area contributed by atoms with E-state index in [1.54, 1.807) is 41.7 Å². The molecule has 2 rings (SSSR count). The van der Waals surface area contributed by atoms with E-state index in [0.29, 0.717) is 11.5 Å². The molecule has 0 fully saturated rings. The minimum Gasteiger partial charge on any atom is -0.481 e. The number of alkyl halides is 3. The van der Waals surface area contributed by atoms with Gasteiger partial charge in [0.05, 0.1) is 12.5 Å². The van der Waals surface area contributed by atoms with Crippen molar-refractivity contribution in [1.29, 1.82) is 0 Å². The van der Waals surface area contributed by atoms with Crippen molar-refractivity contribution >= 4 is 11.9 Å². The smallest absolute Gasteiger partial charge is 0.471 e. The normalized spacial score (nSPS) is 12.3.